The lowest BCUT2D eigenvalue weighted by molar-refractivity contribution is -0.127. The SMILES string of the molecule is CC(C)(C)c1ccc(C(=O)N2CCCC[C@H](Sc3nnc4ccccn34)C2=O)cc1. The third-order valence-electron chi connectivity index (χ3n) is 5.41. The number of benzene rings is 1. The molecule has 1 aromatic carbocycles. The fraction of sp³-hybridized carbons (Fsp3) is 0.391. The molecule has 2 aromatic heterocycles. The largest absolute Gasteiger partial charge is 0.278 e. The van der Waals surface area contributed by atoms with Crippen molar-refractivity contribution in [2.45, 2.75) is 55.9 Å². The number of carbonyl (C=O) groups excluding carboxylic acids is 2. The molecule has 6 nitrogen and oxygen atoms in total. The van der Waals surface area contributed by atoms with Crippen LogP contribution in [-0.4, -0.2) is 43.1 Å². The van der Waals surface area contributed by atoms with Gasteiger partial charge in [-0.2, -0.15) is 0 Å². The molecule has 0 bridgehead atoms. The molecule has 1 fully saturated rings. The quantitative estimate of drug-likeness (QED) is 0.588. The molecule has 0 aliphatic carbocycles. The van der Waals surface area contributed by atoms with Crippen molar-refractivity contribution in [2.24, 2.45) is 0 Å². The number of likely N-dealkylation sites (tertiary alicyclic amines) is 1. The van der Waals surface area contributed by atoms with Gasteiger partial charge in [-0.05, 0) is 48.1 Å². The van der Waals surface area contributed by atoms with E-state index in [1.54, 1.807) is 0 Å². The van der Waals surface area contributed by atoms with Crippen molar-refractivity contribution < 1.29 is 9.59 Å². The molecule has 156 valence electrons. The molecule has 0 N–H and O–H groups in total. The number of fused-ring (bicyclic) bond motifs is 1. The molecular weight excluding hydrogens is 396 g/mol. The average Bonchev–Trinajstić information content (AvgIpc) is 3.05. The summed E-state index contributed by atoms with van der Waals surface area (Å²) in [6.07, 6.45) is 4.32. The molecule has 0 unspecified atom stereocenters. The lowest BCUT2D eigenvalue weighted by Crippen LogP contribution is -2.41. The minimum atomic E-state index is -0.349. The van der Waals surface area contributed by atoms with E-state index in [1.165, 1.54) is 16.7 Å². The van der Waals surface area contributed by atoms with Crippen molar-refractivity contribution in [3.8, 4) is 0 Å². The van der Waals surface area contributed by atoms with Crippen LogP contribution >= 0.6 is 11.8 Å². The standard InChI is InChI=1S/C23H26N4O2S/c1-23(2,3)17-12-10-16(11-13-17)20(28)27-15-6-4-8-18(21(27)29)30-22-25-24-19-9-5-7-14-26(19)22/h5,7,9-14,18H,4,6,8,15H2,1-3H3/t18-/m0/s1. The molecule has 30 heavy (non-hydrogen) atoms. The van der Waals surface area contributed by atoms with E-state index in [4.69, 9.17) is 0 Å². The number of amides is 2. The van der Waals surface area contributed by atoms with Gasteiger partial charge in [0.05, 0.1) is 5.25 Å². The van der Waals surface area contributed by atoms with Gasteiger partial charge in [0.15, 0.2) is 10.8 Å². The zero-order valence-electron chi connectivity index (χ0n) is 17.5. The summed E-state index contributed by atoms with van der Waals surface area (Å²) < 4.78 is 1.88. The van der Waals surface area contributed by atoms with Crippen LogP contribution in [0.15, 0.2) is 53.8 Å². The molecule has 2 amide bonds. The first-order valence-electron chi connectivity index (χ1n) is 10.3. The molecule has 0 radical (unpaired) electrons. The van der Waals surface area contributed by atoms with E-state index in [-0.39, 0.29) is 22.5 Å². The first-order chi connectivity index (χ1) is 14.3. The molecular formula is C23H26N4O2S. The topological polar surface area (TPSA) is 67.6 Å². The summed E-state index contributed by atoms with van der Waals surface area (Å²) in [5.74, 6) is -0.367. The van der Waals surface area contributed by atoms with Crippen LogP contribution < -0.4 is 0 Å². The monoisotopic (exact) mass is 422 g/mol. The van der Waals surface area contributed by atoms with Gasteiger partial charge in [-0.25, -0.2) is 0 Å². The molecule has 3 aromatic rings. The summed E-state index contributed by atoms with van der Waals surface area (Å²) in [6.45, 7) is 6.87. The number of imide groups is 1. The number of thioether (sulfide) groups is 1. The Labute approximate surface area is 180 Å². The van der Waals surface area contributed by atoms with E-state index in [0.717, 1.165) is 30.5 Å². The minimum absolute atomic E-state index is 0.0166. The van der Waals surface area contributed by atoms with E-state index in [9.17, 15) is 9.59 Å². The Hall–Kier alpha value is -2.67. The molecule has 4 rings (SSSR count). The highest BCUT2D eigenvalue weighted by Crippen LogP contribution is 2.30. The number of pyridine rings is 1. The second kappa shape index (κ2) is 8.22. The van der Waals surface area contributed by atoms with Crippen LogP contribution in [0.4, 0.5) is 0 Å². The predicted molar refractivity (Wildman–Crippen MR) is 118 cm³/mol. The van der Waals surface area contributed by atoms with Gasteiger partial charge >= 0.3 is 0 Å². The van der Waals surface area contributed by atoms with E-state index in [0.29, 0.717) is 17.3 Å². The lowest BCUT2D eigenvalue weighted by atomic mass is 9.86. The van der Waals surface area contributed by atoms with Crippen molar-refractivity contribution in [1.82, 2.24) is 19.5 Å². The molecule has 1 aliphatic heterocycles. The van der Waals surface area contributed by atoms with Gasteiger partial charge < -0.3 is 0 Å². The second-order valence-electron chi connectivity index (χ2n) is 8.64. The highest BCUT2D eigenvalue weighted by Gasteiger charge is 2.33. The Kier molecular flexibility index (Phi) is 5.64. The van der Waals surface area contributed by atoms with Crippen LogP contribution in [-0.2, 0) is 10.2 Å². The average molecular weight is 423 g/mol. The van der Waals surface area contributed by atoms with Gasteiger partial charge in [0, 0.05) is 18.3 Å². The van der Waals surface area contributed by atoms with Crippen molar-refractivity contribution >= 4 is 29.2 Å². The Morgan fingerprint density at radius 1 is 1.07 bits per heavy atom. The molecule has 3 heterocycles. The molecule has 1 saturated heterocycles. The number of carbonyl (C=O) groups is 2. The fourth-order valence-electron chi connectivity index (χ4n) is 3.61. The van der Waals surface area contributed by atoms with Crippen LogP contribution in [0.5, 0.6) is 0 Å². The van der Waals surface area contributed by atoms with E-state index in [1.807, 2.05) is 53.1 Å². The minimum Gasteiger partial charge on any atom is -0.278 e. The highest BCUT2D eigenvalue weighted by atomic mass is 32.2. The van der Waals surface area contributed by atoms with Gasteiger partial charge in [-0.3, -0.25) is 18.9 Å². The van der Waals surface area contributed by atoms with Crippen molar-refractivity contribution in [3.05, 3.63) is 59.8 Å². The second-order valence-corrected chi connectivity index (χ2v) is 9.81. The van der Waals surface area contributed by atoms with Gasteiger partial charge in [-0.1, -0.05) is 57.2 Å². The number of aromatic nitrogens is 3. The molecule has 0 saturated carbocycles. The summed E-state index contributed by atoms with van der Waals surface area (Å²) in [5.41, 5.74) is 2.47. The maximum Gasteiger partial charge on any atom is 0.260 e. The van der Waals surface area contributed by atoms with Gasteiger partial charge in [0.1, 0.15) is 0 Å². The van der Waals surface area contributed by atoms with Gasteiger partial charge in [0.25, 0.3) is 5.91 Å². The summed E-state index contributed by atoms with van der Waals surface area (Å²) in [7, 11) is 0. The molecule has 7 heteroatoms. The van der Waals surface area contributed by atoms with Crippen molar-refractivity contribution in [2.75, 3.05) is 6.54 Å². The maximum absolute atomic E-state index is 13.3. The predicted octanol–water partition coefficient (Wildman–Crippen LogP) is 4.34. The third-order valence-corrected chi connectivity index (χ3v) is 6.62. The van der Waals surface area contributed by atoms with E-state index in [2.05, 4.69) is 31.0 Å². The Balaban J connectivity index is 1.55. The van der Waals surface area contributed by atoms with E-state index < -0.39 is 0 Å². The summed E-state index contributed by atoms with van der Waals surface area (Å²) in [5, 5.41) is 8.72. The van der Waals surface area contributed by atoms with Crippen LogP contribution in [0.1, 0.15) is 56.0 Å². The maximum atomic E-state index is 13.3. The van der Waals surface area contributed by atoms with Crippen LogP contribution in [0, 0.1) is 0 Å². The summed E-state index contributed by atoms with van der Waals surface area (Å²) in [6, 6.07) is 13.3. The molecule has 1 aliphatic rings. The van der Waals surface area contributed by atoms with Crippen molar-refractivity contribution in [1.29, 1.82) is 0 Å². The number of hydrogen-bond donors (Lipinski definition) is 0. The number of hydrogen-bond acceptors (Lipinski definition) is 5. The zero-order chi connectivity index (χ0) is 21.3. The summed E-state index contributed by atoms with van der Waals surface area (Å²) >= 11 is 1.39. The zero-order valence-corrected chi connectivity index (χ0v) is 18.4. The lowest BCUT2D eigenvalue weighted by Gasteiger charge is -2.23. The normalized spacial score (nSPS) is 17.9. The van der Waals surface area contributed by atoms with Gasteiger partial charge in [-0.15, -0.1) is 10.2 Å². The highest BCUT2D eigenvalue weighted by molar-refractivity contribution is 8.00. The Morgan fingerprint density at radius 3 is 2.57 bits per heavy atom. The number of rotatable bonds is 3. The first-order valence-corrected chi connectivity index (χ1v) is 11.2. The molecule has 0 spiro atoms. The Morgan fingerprint density at radius 2 is 1.83 bits per heavy atom. The van der Waals surface area contributed by atoms with Gasteiger partial charge in [0.2, 0.25) is 5.91 Å². The number of nitrogens with zero attached hydrogens (tertiary/aromatic N) is 4. The van der Waals surface area contributed by atoms with Crippen LogP contribution in [0.2, 0.25) is 0 Å². The summed E-state index contributed by atoms with van der Waals surface area (Å²) in [4.78, 5) is 27.8. The Bertz CT molecular complexity index is 1070. The smallest absolute Gasteiger partial charge is 0.260 e. The van der Waals surface area contributed by atoms with E-state index >= 15 is 0 Å². The third kappa shape index (κ3) is 4.12. The molecule has 1 atom stereocenters. The van der Waals surface area contributed by atoms with Crippen LogP contribution in [0.3, 0.4) is 0 Å². The van der Waals surface area contributed by atoms with Crippen LogP contribution in [0.25, 0.3) is 5.65 Å². The first kappa shape index (κ1) is 20.6. The fourth-order valence-corrected chi connectivity index (χ4v) is 4.74. The van der Waals surface area contributed by atoms with Crippen molar-refractivity contribution in [3.63, 3.8) is 0 Å².